The molecular formula is C15H17N3O4S. The maximum Gasteiger partial charge on any atom is 0.270 e. The van der Waals surface area contributed by atoms with Gasteiger partial charge in [-0.1, -0.05) is 18.2 Å². The molecule has 0 N–H and O–H groups in total. The molecule has 0 spiro atoms. The summed E-state index contributed by atoms with van der Waals surface area (Å²) in [5, 5.41) is 10.9. The fourth-order valence-electron chi connectivity index (χ4n) is 2.15. The average Bonchev–Trinajstić information content (AvgIpc) is 2.54. The van der Waals surface area contributed by atoms with Crippen LogP contribution in [0.4, 0.5) is 17.1 Å². The molecule has 23 heavy (non-hydrogen) atoms. The number of sulfonamides is 1. The van der Waals surface area contributed by atoms with Crippen LogP contribution in [0.3, 0.4) is 0 Å². The highest BCUT2D eigenvalue weighted by Gasteiger charge is 2.25. The van der Waals surface area contributed by atoms with Gasteiger partial charge < -0.3 is 4.90 Å². The third-order valence-corrected chi connectivity index (χ3v) is 5.16. The van der Waals surface area contributed by atoms with E-state index in [9.17, 15) is 18.5 Å². The summed E-state index contributed by atoms with van der Waals surface area (Å²) in [5.74, 6) is 0. The number of nitro benzene ring substituents is 1. The molecule has 2 aromatic rings. The molecule has 7 nitrogen and oxygen atoms in total. The van der Waals surface area contributed by atoms with Crippen molar-refractivity contribution in [1.82, 2.24) is 0 Å². The van der Waals surface area contributed by atoms with Gasteiger partial charge in [0.1, 0.15) is 0 Å². The molecule has 0 aliphatic carbocycles. The van der Waals surface area contributed by atoms with Crippen LogP contribution in [0.15, 0.2) is 53.4 Å². The van der Waals surface area contributed by atoms with Crippen molar-refractivity contribution in [3.05, 3.63) is 58.6 Å². The SMILES string of the molecule is CN(C)c1ccccc1N(C)S(=O)(=O)c1cccc([N+](=O)[O-])c1. The summed E-state index contributed by atoms with van der Waals surface area (Å²) in [6.07, 6.45) is 0. The highest BCUT2D eigenvalue weighted by molar-refractivity contribution is 7.92. The maximum absolute atomic E-state index is 12.8. The molecule has 0 saturated carbocycles. The summed E-state index contributed by atoms with van der Waals surface area (Å²) >= 11 is 0. The second kappa shape index (κ2) is 6.25. The zero-order valence-electron chi connectivity index (χ0n) is 13.0. The fourth-order valence-corrected chi connectivity index (χ4v) is 3.40. The van der Waals surface area contributed by atoms with E-state index < -0.39 is 14.9 Å². The first-order valence-electron chi connectivity index (χ1n) is 6.75. The lowest BCUT2D eigenvalue weighted by atomic mass is 10.2. The number of hydrogen-bond donors (Lipinski definition) is 0. The van der Waals surface area contributed by atoms with E-state index in [-0.39, 0.29) is 10.6 Å². The Morgan fingerprint density at radius 3 is 2.13 bits per heavy atom. The van der Waals surface area contributed by atoms with Crippen molar-refractivity contribution in [1.29, 1.82) is 0 Å². The first kappa shape index (κ1) is 16.8. The summed E-state index contributed by atoms with van der Waals surface area (Å²) in [6, 6.07) is 12.1. The molecule has 0 bridgehead atoms. The Labute approximate surface area is 135 Å². The molecular weight excluding hydrogens is 318 g/mol. The molecule has 0 aliphatic rings. The summed E-state index contributed by atoms with van der Waals surface area (Å²) in [5.41, 5.74) is 0.952. The van der Waals surface area contributed by atoms with Gasteiger partial charge in [0.15, 0.2) is 0 Å². The fraction of sp³-hybridized carbons (Fsp3) is 0.200. The molecule has 0 saturated heterocycles. The summed E-state index contributed by atoms with van der Waals surface area (Å²) in [6.45, 7) is 0. The Balaban J connectivity index is 2.52. The predicted octanol–water partition coefficient (Wildman–Crippen LogP) is 2.49. The van der Waals surface area contributed by atoms with Crippen LogP contribution in [0, 0.1) is 10.1 Å². The van der Waals surface area contributed by atoms with Gasteiger partial charge in [0.05, 0.1) is 21.2 Å². The predicted molar refractivity (Wildman–Crippen MR) is 89.5 cm³/mol. The molecule has 0 fully saturated rings. The zero-order chi connectivity index (χ0) is 17.2. The number of hydrogen-bond acceptors (Lipinski definition) is 5. The molecule has 0 heterocycles. The van der Waals surface area contributed by atoms with Gasteiger partial charge in [-0.05, 0) is 18.2 Å². The van der Waals surface area contributed by atoms with Gasteiger partial charge in [0.2, 0.25) is 0 Å². The lowest BCUT2D eigenvalue weighted by Crippen LogP contribution is -2.28. The minimum absolute atomic E-state index is 0.122. The van der Waals surface area contributed by atoms with Gasteiger partial charge in [-0.2, -0.15) is 0 Å². The Morgan fingerprint density at radius 1 is 0.957 bits per heavy atom. The largest absolute Gasteiger partial charge is 0.376 e. The van der Waals surface area contributed by atoms with Crippen molar-refractivity contribution in [2.45, 2.75) is 4.90 Å². The van der Waals surface area contributed by atoms with E-state index in [4.69, 9.17) is 0 Å². The minimum atomic E-state index is -3.90. The van der Waals surface area contributed by atoms with Crippen molar-refractivity contribution in [2.24, 2.45) is 0 Å². The van der Waals surface area contributed by atoms with Gasteiger partial charge in [0, 0.05) is 33.3 Å². The summed E-state index contributed by atoms with van der Waals surface area (Å²) in [7, 11) is 1.15. The van der Waals surface area contributed by atoms with Crippen molar-refractivity contribution in [3.8, 4) is 0 Å². The van der Waals surface area contributed by atoms with E-state index in [1.807, 2.05) is 20.2 Å². The highest BCUT2D eigenvalue weighted by Crippen LogP contribution is 2.31. The second-order valence-electron chi connectivity index (χ2n) is 5.11. The second-order valence-corrected chi connectivity index (χ2v) is 7.08. The molecule has 2 rings (SSSR count). The van der Waals surface area contributed by atoms with Gasteiger partial charge in [-0.3, -0.25) is 14.4 Å². The lowest BCUT2D eigenvalue weighted by molar-refractivity contribution is -0.385. The molecule has 0 atom stereocenters. The average molecular weight is 335 g/mol. The number of nitro groups is 1. The lowest BCUT2D eigenvalue weighted by Gasteiger charge is -2.25. The van der Waals surface area contributed by atoms with Crippen LogP contribution in [0.5, 0.6) is 0 Å². The normalized spacial score (nSPS) is 11.1. The summed E-state index contributed by atoms with van der Waals surface area (Å²) < 4.78 is 26.7. The first-order chi connectivity index (χ1) is 10.7. The van der Waals surface area contributed by atoms with E-state index >= 15 is 0 Å². The molecule has 0 unspecified atom stereocenters. The number of non-ortho nitro benzene ring substituents is 1. The minimum Gasteiger partial charge on any atom is -0.376 e. The van der Waals surface area contributed by atoms with Gasteiger partial charge >= 0.3 is 0 Å². The van der Waals surface area contributed by atoms with Crippen molar-refractivity contribution < 1.29 is 13.3 Å². The van der Waals surface area contributed by atoms with Crippen molar-refractivity contribution >= 4 is 27.1 Å². The van der Waals surface area contributed by atoms with E-state index in [0.717, 1.165) is 16.1 Å². The Bertz CT molecular complexity index is 834. The molecule has 122 valence electrons. The topological polar surface area (TPSA) is 83.8 Å². The quantitative estimate of drug-likeness (QED) is 0.619. The van der Waals surface area contributed by atoms with E-state index in [1.165, 1.54) is 25.2 Å². The Hall–Kier alpha value is -2.61. The summed E-state index contributed by atoms with van der Waals surface area (Å²) in [4.78, 5) is 11.9. The van der Waals surface area contributed by atoms with Crippen LogP contribution in [-0.4, -0.2) is 34.5 Å². The van der Waals surface area contributed by atoms with Crippen LogP contribution in [0.2, 0.25) is 0 Å². The van der Waals surface area contributed by atoms with Crippen LogP contribution in [0.25, 0.3) is 0 Å². The Kier molecular flexibility index (Phi) is 4.55. The smallest absolute Gasteiger partial charge is 0.270 e. The Morgan fingerprint density at radius 2 is 1.57 bits per heavy atom. The van der Waals surface area contributed by atoms with Crippen LogP contribution < -0.4 is 9.21 Å². The van der Waals surface area contributed by atoms with Gasteiger partial charge in [-0.15, -0.1) is 0 Å². The monoisotopic (exact) mass is 335 g/mol. The van der Waals surface area contributed by atoms with Crippen LogP contribution in [0.1, 0.15) is 0 Å². The van der Waals surface area contributed by atoms with Crippen molar-refractivity contribution in [3.63, 3.8) is 0 Å². The molecule has 0 amide bonds. The van der Waals surface area contributed by atoms with Crippen LogP contribution >= 0.6 is 0 Å². The first-order valence-corrected chi connectivity index (χ1v) is 8.19. The maximum atomic E-state index is 12.8. The molecule has 0 aliphatic heterocycles. The third-order valence-electron chi connectivity index (χ3n) is 3.39. The third kappa shape index (κ3) is 3.26. The van der Waals surface area contributed by atoms with Crippen molar-refractivity contribution in [2.75, 3.05) is 30.3 Å². The standard InChI is InChI=1S/C15H17N3O4S/c1-16(2)14-9-4-5-10-15(14)17(3)23(21,22)13-8-6-7-12(11-13)18(19)20/h4-11H,1-3H3. The van der Waals surface area contributed by atoms with E-state index in [2.05, 4.69) is 0 Å². The zero-order valence-corrected chi connectivity index (χ0v) is 13.8. The molecule has 0 radical (unpaired) electrons. The number of para-hydroxylation sites is 2. The number of benzene rings is 2. The molecule has 8 heteroatoms. The number of rotatable bonds is 5. The molecule has 2 aromatic carbocycles. The van der Waals surface area contributed by atoms with Gasteiger partial charge in [-0.25, -0.2) is 8.42 Å². The van der Waals surface area contributed by atoms with Crippen LogP contribution in [-0.2, 0) is 10.0 Å². The van der Waals surface area contributed by atoms with E-state index in [0.29, 0.717) is 5.69 Å². The number of anilines is 2. The van der Waals surface area contributed by atoms with E-state index in [1.54, 1.807) is 23.1 Å². The van der Waals surface area contributed by atoms with Gasteiger partial charge in [0.25, 0.3) is 15.7 Å². The number of nitrogens with zero attached hydrogens (tertiary/aromatic N) is 3. The molecule has 0 aromatic heterocycles. The highest BCUT2D eigenvalue weighted by atomic mass is 32.2.